The molecule has 2 aromatic rings. The van der Waals surface area contributed by atoms with Crippen LogP contribution in [0, 0.1) is 0 Å². The van der Waals surface area contributed by atoms with Crippen molar-refractivity contribution in [1.29, 1.82) is 0 Å². The van der Waals surface area contributed by atoms with Crippen LogP contribution < -0.4 is 20.9 Å². The number of rotatable bonds is 15. The third-order valence-corrected chi connectivity index (χ3v) is 5.06. The van der Waals surface area contributed by atoms with Crippen LogP contribution in [-0.4, -0.2) is 39.5 Å². The lowest BCUT2D eigenvalue weighted by Gasteiger charge is -2.19. The van der Waals surface area contributed by atoms with E-state index in [0.717, 1.165) is 48.3 Å². The first-order chi connectivity index (χ1) is 14.6. The van der Waals surface area contributed by atoms with E-state index < -0.39 is 0 Å². The van der Waals surface area contributed by atoms with Crippen LogP contribution in [0.4, 0.5) is 0 Å². The van der Waals surface area contributed by atoms with Gasteiger partial charge in [-0.25, -0.2) is 0 Å². The van der Waals surface area contributed by atoms with E-state index in [-0.39, 0.29) is 12.1 Å². The van der Waals surface area contributed by atoms with Crippen molar-refractivity contribution in [2.45, 2.75) is 51.0 Å². The van der Waals surface area contributed by atoms with Crippen LogP contribution in [0.25, 0.3) is 0 Å². The molecule has 166 valence electrons. The Morgan fingerprint density at radius 1 is 0.633 bits per heavy atom. The highest BCUT2D eigenvalue weighted by molar-refractivity contribution is 5.27. The summed E-state index contributed by atoms with van der Waals surface area (Å²) < 4.78 is 21.8. The van der Waals surface area contributed by atoms with Crippen LogP contribution in [0.2, 0.25) is 0 Å². The maximum Gasteiger partial charge on any atom is 0.118 e. The fourth-order valence-corrected chi connectivity index (χ4v) is 3.09. The normalized spacial score (nSPS) is 13.1. The number of hydrogen-bond donors (Lipinski definition) is 2. The Bertz CT molecular complexity index is 630. The summed E-state index contributed by atoms with van der Waals surface area (Å²) in [4.78, 5) is 0. The molecule has 30 heavy (non-hydrogen) atoms. The van der Waals surface area contributed by atoms with Crippen LogP contribution >= 0.6 is 0 Å². The van der Waals surface area contributed by atoms with Gasteiger partial charge in [-0.15, -0.1) is 0 Å². The summed E-state index contributed by atoms with van der Waals surface area (Å²) in [5.74, 6) is 1.70. The molecule has 2 rings (SSSR count). The van der Waals surface area contributed by atoms with Gasteiger partial charge in [0.05, 0.1) is 27.4 Å². The van der Waals surface area contributed by atoms with Crippen molar-refractivity contribution in [3.63, 3.8) is 0 Å². The number of benzene rings is 2. The van der Waals surface area contributed by atoms with Crippen molar-refractivity contribution in [1.82, 2.24) is 0 Å². The summed E-state index contributed by atoms with van der Waals surface area (Å²) in [5.41, 5.74) is 14.7. The monoisotopic (exact) mass is 416 g/mol. The Kier molecular flexibility index (Phi) is 11.3. The molecule has 0 spiro atoms. The number of hydrogen-bond acceptors (Lipinski definition) is 6. The minimum absolute atomic E-state index is 0.0174. The van der Waals surface area contributed by atoms with E-state index in [9.17, 15) is 0 Å². The molecule has 2 aromatic carbocycles. The second-order valence-corrected chi connectivity index (χ2v) is 7.41. The minimum atomic E-state index is -0.0174. The van der Waals surface area contributed by atoms with Gasteiger partial charge in [0.25, 0.3) is 0 Å². The van der Waals surface area contributed by atoms with Crippen molar-refractivity contribution in [2.24, 2.45) is 11.5 Å². The maximum atomic E-state index is 6.23. The molecule has 0 aliphatic heterocycles. The fraction of sp³-hybridized carbons (Fsp3) is 0.500. The first-order valence-corrected chi connectivity index (χ1v) is 10.5. The molecular weight excluding hydrogens is 380 g/mol. The third kappa shape index (κ3) is 9.13. The van der Waals surface area contributed by atoms with E-state index in [1.165, 1.54) is 0 Å². The van der Waals surface area contributed by atoms with Crippen LogP contribution in [0.15, 0.2) is 48.5 Å². The molecule has 2 atom stereocenters. The molecule has 0 saturated carbocycles. The van der Waals surface area contributed by atoms with Gasteiger partial charge in [-0.1, -0.05) is 24.3 Å². The lowest BCUT2D eigenvalue weighted by atomic mass is 10.0. The van der Waals surface area contributed by atoms with E-state index in [2.05, 4.69) is 0 Å². The lowest BCUT2D eigenvalue weighted by molar-refractivity contribution is 0.111. The molecule has 0 aromatic heterocycles. The topological polar surface area (TPSA) is 89.0 Å². The quantitative estimate of drug-likeness (QED) is 0.431. The first kappa shape index (κ1) is 24.2. The van der Waals surface area contributed by atoms with E-state index in [1.807, 2.05) is 48.5 Å². The van der Waals surface area contributed by atoms with Crippen LogP contribution in [-0.2, 0) is 22.7 Å². The Hall–Kier alpha value is -2.12. The molecule has 0 bridgehead atoms. The zero-order valence-electron chi connectivity index (χ0n) is 18.2. The van der Waals surface area contributed by atoms with Crippen molar-refractivity contribution in [3.8, 4) is 11.5 Å². The molecule has 0 unspecified atom stereocenters. The Balaban J connectivity index is 1.49. The highest BCUT2D eigenvalue weighted by atomic mass is 16.5. The molecule has 0 fully saturated rings. The molecule has 0 heterocycles. The summed E-state index contributed by atoms with van der Waals surface area (Å²) in [6.45, 7) is 2.54. The van der Waals surface area contributed by atoms with E-state index in [1.54, 1.807) is 14.2 Å². The van der Waals surface area contributed by atoms with Crippen molar-refractivity contribution < 1.29 is 18.9 Å². The van der Waals surface area contributed by atoms with Gasteiger partial charge in [-0.2, -0.15) is 0 Å². The Labute approximate surface area is 180 Å². The number of methoxy groups -OCH3 is 2. The molecule has 4 N–H and O–H groups in total. The summed E-state index contributed by atoms with van der Waals surface area (Å²) in [7, 11) is 3.32. The minimum Gasteiger partial charge on any atom is -0.497 e. The van der Waals surface area contributed by atoms with Crippen LogP contribution in [0.1, 0.15) is 36.8 Å². The maximum absolute atomic E-state index is 6.23. The second-order valence-electron chi connectivity index (χ2n) is 7.41. The number of ether oxygens (including phenoxy) is 4. The SMILES string of the molecule is COc1ccc(COCCC[C@H](N)[C@@H](N)CCCOCc2ccc(OC)cc2)cc1. The van der Waals surface area contributed by atoms with Crippen molar-refractivity contribution in [2.75, 3.05) is 27.4 Å². The van der Waals surface area contributed by atoms with E-state index >= 15 is 0 Å². The summed E-state index contributed by atoms with van der Waals surface area (Å²) in [6, 6.07) is 15.8. The lowest BCUT2D eigenvalue weighted by Crippen LogP contribution is -2.41. The molecule has 0 radical (unpaired) electrons. The largest absolute Gasteiger partial charge is 0.497 e. The predicted octanol–water partition coefficient (Wildman–Crippen LogP) is 3.65. The van der Waals surface area contributed by atoms with Crippen LogP contribution in [0.3, 0.4) is 0 Å². The van der Waals surface area contributed by atoms with E-state index in [0.29, 0.717) is 26.4 Å². The molecule has 0 amide bonds. The molecule has 0 aliphatic carbocycles. The Morgan fingerprint density at radius 2 is 1.00 bits per heavy atom. The predicted molar refractivity (Wildman–Crippen MR) is 120 cm³/mol. The zero-order valence-corrected chi connectivity index (χ0v) is 18.2. The molecule has 0 saturated heterocycles. The van der Waals surface area contributed by atoms with Crippen molar-refractivity contribution in [3.05, 3.63) is 59.7 Å². The average Bonchev–Trinajstić information content (AvgIpc) is 2.79. The van der Waals surface area contributed by atoms with Gasteiger partial charge < -0.3 is 30.4 Å². The highest BCUT2D eigenvalue weighted by Gasteiger charge is 2.12. The van der Waals surface area contributed by atoms with Crippen LogP contribution in [0.5, 0.6) is 11.5 Å². The van der Waals surface area contributed by atoms with Gasteiger partial charge in [0, 0.05) is 25.3 Å². The number of nitrogens with two attached hydrogens (primary N) is 2. The van der Waals surface area contributed by atoms with Crippen molar-refractivity contribution >= 4 is 0 Å². The molecule has 0 aliphatic rings. The summed E-state index contributed by atoms with van der Waals surface area (Å²) in [6.07, 6.45) is 3.52. The van der Waals surface area contributed by atoms with Gasteiger partial charge in [0.1, 0.15) is 11.5 Å². The third-order valence-electron chi connectivity index (χ3n) is 5.06. The van der Waals surface area contributed by atoms with Gasteiger partial charge in [0.2, 0.25) is 0 Å². The van der Waals surface area contributed by atoms with Gasteiger partial charge >= 0.3 is 0 Å². The van der Waals surface area contributed by atoms with Gasteiger partial charge in [-0.3, -0.25) is 0 Å². The average molecular weight is 417 g/mol. The Morgan fingerprint density at radius 3 is 1.33 bits per heavy atom. The first-order valence-electron chi connectivity index (χ1n) is 10.5. The molecular formula is C24H36N2O4. The zero-order chi connectivity index (χ0) is 21.6. The second kappa shape index (κ2) is 14.0. The molecule has 6 heteroatoms. The standard InChI is InChI=1S/C24H36N2O4/c1-27-21-11-7-19(8-12-21)17-29-15-3-5-23(25)24(26)6-4-16-30-18-20-9-13-22(28-2)14-10-20/h7-14,23-24H,3-6,15-18,25-26H2,1-2H3/t23-,24-/m0/s1. The smallest absolute Gasteiger partial charge is 0.118 e. The van der Waals surface area contributed by atoms with E-state index in [4.69, 9.17) is 30.4 Å². The van der Waals surface area contributed by atoms with Gasteiger partial charge in [0.15, 0.2) is 0 Å². The molecule has 6 nitrogen and oxygen atoms in total. The van der Waals surface area contributed by atoms with Gasteiger partial charge in [-0.05, 0) is 61.1 Å². The summed E-state index contributed by atoms with van der Waals surface area (Å²) in [5, 5.41) is 0. The fourth-order valence-electron chi connectivity index (χ4n) is 3.09. The summed E-state index contributed by atoms with van der Waals surface area (Å²) >= 11 is 0. The highest BCUT2D eigenvalue weighted by Crippen LogP contribution is 2.13.